The lowest BCUT2D eigenvalue weighted by molar-refractivity contribution is -0.121. The summed E-state index contributed by atoms with van der Waals surface area (Å²) in [6, 6.07) is 20.8. The topological polar surface area (TPSA) is 78.2 Å². The molecular formula is C28H25ClN4O3. The van der Waals surface area contributed by atoms with E-state index in [0.717, 1.165) is 33.3 Å². The van der Waals surface area contributed by atoms with Crippen molar-refractivity contribution >= 4 is 39.4 Å². The van der Waals surface area contributed by atoms with Gasteiger partial charge in [-0.15, -0.1) is 0 Å². The van der Waals surface area contributed by atoms with Gasteiger partial charge in [0.05, 0.1) is 25.5 Å². The maximum absolute atomic E-state index is 13.7. The van der Waals surface area contributed by atoms with Gasteiger partial charge in [-0.2, -0.15) is 0 Å². The van der Waals surface area contributed by atoms with Crippen LogP contribution in [0, 0.1) is 6.92 Å². The minimum Gasteiger partial charge on any atom is -0.497 e. The summed E-state index contributed by atoms with van der Waals surface area (Å²) in [7, 11) is 1.61. The number of aryl methyl sites for hydroxylation is 1. The average molecular weight is 501 g/mol. The van der Waals surface area contributed by atoms with Gasteiger partial charge in [-0.3, -0.25) is 14.2 Å². The Morgan fingerprint density at radius 1 is 1.08 bits per heavy atom. The van der Waals surface area contributed by atoms with Crippen LogP contribution in [-0.4, -0.2) is 27.1 Å². The zero-order valence-electron chi connectivity index (χ0n) is 20.0. The largest absolute Gasteiger partial charge is 0.497 e. The van der Waals surface area contributed by atoms with E-state index in [1.807, 2.05) is 67.6 Å². The first kappa shape index (κ1) is 23.6. The number of benzene rings is 3. The summed E-state index contributed by atoms with van der Waals surface area (Å²) < 4.78 is 8.47. The number of halogens is 1. The van der Waals surface area contributed by atoms with Gasteiger partial charge in [0.25, 0.3) is 5.56 Å². The van der Waals surface area contributed by atoms with E-state index >= 15 is 0 Å². The quantitative estimate of drug-likeness (QED) is 0.352. The Labute approximate surface area is 212 Å². The van der Waals surface area contributed by atoms with Gasteiger partial charge in [0.1, 0.15) is 23.3 Å². The molecule has 2 heterocycles. The molecule has 0 atom stereocenters. The molecule has 1 N–H and O–H groups in total. The Kier molecular flexibility index (Phi) is 6.48. The lowest BCUT2D eigenvalue weighted by Gasteiger charge is -2.11. The number of nitrogens with one attached hydrogen (secondary N) is 1. The Bertz CT molecular complexity index is 1640. The average Bonchev–Trinajstić information content (AvgIpc) is 3.19. The Balaban J connectivity index is 1.51. The van der Waals surface area contributed by atoms with Crippen molar-refractivity contribution in [2.75, 3.05) is 7.11 Å². The smallest absolute Gasteiger partial charge is 0.278 e. The summed E-state index contributed by atoms with van der Waals surface area (Å²) in [6.45, 7) is 2.63. The lowest BCUT2D eigenvalue weighted by Crippen LogP contribution is -2.29. The van der Waals surface area contributed by atoms with Gasteiger partial charge in [-0.05, 0) is 48.4 Å². The van der Waals surface area contributed by atoms with Crippen LogP contribution in [-0.2, 0) is 24.4 Å². The molecule has 1 amide bonds. The van der Waals surface area contributed by atoms with Crippen LogP contribution in [0.25, 0.3) is 21.9 Å². The number of carbonyl (C=O) groups is 1. The first-order chi connectivity index (χ1) is 17.4. The van der Waals surface area contributed by atoms with E-state index in [1.165, 1.54) is 4.57 Å². The number of methoxy groups -OCH3 is 1. The summed E-state index contributed by atoms with van der Waals surface area (Å²) >= 11 is 6.33. The molecule has 0 fully saturated rings. The highest BCUT2D eigenvalue weighted by atomic mass is 35.5. The fraction of sp³-hybridized carbons (Fsp3) is 0.179. The molecule has 7 nitrogen and oxygen atoms in total. The molecule has 0 unspecified atom stereocenters. The number of amides is 1. The molecule has 5 rings (SSSR count). The Hall–Kier alpha value is -4.10. The predicted octanol–water partition coefficient (Wildman–Crippen LogP) is 4.69. The molecule has 0 spiro atoms. The molecule has 0 radical (unpaired) electrons. The monoisotopic (exact) mass is 500 g/mol. The van der Waals surface area contributed by atoms with Crippen LogP contribution in [0.1, 0.15) is 16.7 Å². The molecule has 8 heteroatoms. The van der Waals surface area contributed by atoms with Gasteiger partial charge in [0.2, 0.25) is 5.91 Å². The van der Waals surface area contributed by atoms with Crippen molar-refractivity contribution in [3.8, 4) is 5.75 Å². The minimum atomic E-state index is -0.225. The molecule has 3 aromatic carbocycles. The minimum absolute atomic E-state index is 0.00770. The summed E-state index contributed by atoms with van der Waals surface area (Å²) in [5.74, 6) is 0.553. The number of hydrogen-bond acceptors (Lipinski definition) is 4. The van der Waals surface area contributed by atoms with Crippen LogP contribution in [0.3, 0.4) is 0 Å². The van der Waals surface area contributed by atoms with Gasteiger partial charge >= 0.3 is 0 Å². The second-order valence-electron chi connectivity index (χ2n) is 8.70. The third-order valence-corrected chi connectivity index (χ3v) is 6.60. The normalized spacial score (nSPS) is 11.2. The molecule has 0 aliphatic heterocycles. The third-order valence-electron chi connectivity index (χ3n) is 6.23. The number of carbonyl (C=O) groups excluding carboxylic acids is 1. The second kappa shape index (κ2) is 9.87. The van der Waals surface area contributed by atoms with Crippen molar-refractivity contribution in [2.24, 2.45) is 0 Å². The molecule has 0 saturated heterocycles. The standard InChI is InChI=1S/C28H25ClN4O3/c1-18-7-12-24-22(13-18)26-27(28(35)32(17-31-26)15-20-5-3-4-6-23(20)29)33(24)16-25(34)30-14-19-8-10-21(36-2)11-9-19/h3-13,17H,14-16H2,1-2H3,(H,30,34). The number of hydrogen-bond donors (Lipinski definition) is 1. The maximum atomic E-state index is 13.7. The third kappa shape index (κ3) is 4.57. The maximum Gasteiger partial charge on any atom is 0.278 e. The number of ether oxygens (including phenoxy) is 1. The Morgan fingerprint density at radius 3 is 2.61 bits per heavy atom. The van der Waals surface area contributed by atoms with E-state index in [2.05, 4.69) is 10.3 Å². The molecule has 0 saturated carbocycles. The molecule has 0 aliphatic rings. The van der Waals surface area contributed by atoms with Crippen LogP contribution in [0.2, 0.25) is 5.02 Å². The molecule has 0 bridgehead atoms. The van der Waals surface area contributed by atoms with Crippen molar-refractivity contribution in [2.45, 2.75) is 26.6 Å². The van der Waals surface area contributed by atoms with Crippen LogP contribution in [0.5, 0.6) is 5.75 Å². The van der Waals surface area contributed by atoms with E-state index in [1.54, 1.807) is 24.1 Å². The summed E-state index contributed by atoms with van der Waals surface area (Å²) in [5.41, 5.74) is 4.35. The molecule has 2 aromatic heterocycles. The van der Waals surface area contributed by atoms with E-state index in [4.69, 9.17) is 16.3 Å². The van der Waals surface area contributed by atoms with Crippen LogP contribution < -0.4 is 15.6 Å². The fourth-order valence-corrected chi connectivity index (χ4v) is 4.54. The molecule has 5 aromatic rings. The second-order valence-corrected chi connectivity index (χ2v) is 9.10. The zero-order valence-corrected chi connectivity index (χ0v) is 20.7. The molecule has 182 valence electrons. The van der Waals surface area contributed by atoms with E-state index in [0.29, 0.717) is 22.6 Å². The van der Waals surface area contributed by atoms with Gasteiger partial charge in [-0.25, -0.2) is 4.98 Å². The highest BCUT2D eigenvalue weighted by molar-refractivity contribution is 6.31. The Morgan fingerprint density at radius 2 is 1.86 bits per heavy atom. The number of rotatable bonds is 7. The van der Waals surface area contributed by atoms with E-state index < -0.39 is 0 Å². The molecular weight excluding hydrogens is 476 g/mol. The van der Waals surface area contributed by atoms with Gasteiger partial charge < -0.3 is 14.6 Å². The van der Waals surface area contributed by atoms with Crippen LogP contribution >= 0.6 is 11.6 Å². The molecule has 0 aliphatic carbocycles. The van der Waals surface area contributed by atoms with Gasteiger partial charge in [0, 0.05) is 17.0 Å². The van der Waals surface area contributed by atoms with Gasteiger partial charge in [0.15, 0.2) is 0 Å². The van der Waals surface area contributed by atoms with Crippen molar-refractivity contribution in [3.63, 3.8) is 0 Å². The van der Waals surface area contributed by atoms with Crippen molar-refractivity contribution in [1.29, 1.82) is 0 Å². The highest BCUT2D eigenvalue weighted by Crippen LogP contribution is 2.27. The van der Waals surface area contributed by atoms with E-state index in [9.17, 15) is 9.59 Å². The molecule has 36 heavy (non-hydrogen) atoms. The first-order valence-electron chi connectivity index (χ1n) is 11.6. The zero-order chi connectivity index (χ0) is 25.2. The SMILES string of the molecule is COc1ccc(CNC(=O)Cn2c3ccc(C)cc3c3ncn(Cc4ccccc4Cl)c(=O)c32)cc1. The van der Waals surface area contributed by atoms with E-state index in [-0.39, 0.29) is 24.6 Å². The van der Waals surface area contributed by atoms with Crippen molar-refractivity contribution in [3.05, 3.63) is 105 Å². The predicted molar refractivity (Wildman–Crippen MR) is 142 cm³/mol. The van der Waals surface area contributed by atoms with Crippen molar-refractivity contribution < 1.29 is 9.53 Å². The van der Waals surface area contributed by atoms with Crippen molar-refractivity contribution in [1.82, 2.24) is 19.4 Å². The van der Waals surface area contributed by atoms with Crippen LogP contribution in [0.4, 0.5) is 0 Å². The highest BCUT2D eigenvalue weighted by Gasteiger charge is 2.19. The van der Waals surface area contributed by atoms with Gasteiger partial charge in [-0.1, -0.05) is 53.6 Å². The summed E-state index contributed by atoms with van der Waals surface area (Å²) in [4.78, 5) is 31.3. The number of aromatic nitrogens is 3. The first-order valence-corrected chi connectivity index (χ1v) is 11.9. The summed E-state index contributed by atoms with van der Waals surface area (Å²) in [6.07, 6.45) is 1.55. The van der Waals surface area contributed by atoms with Crippen LogP contribution in [0.15, 0.2) is 77.9 Å². The lowest BCUT2D eigenvalue weighted by atomic mass is 10.1. The summed E-state index contributed by atoms with van der Waals surface area (Å²) in [5, 5.41) is 4.37. The number of fused-ring (bicyclic) bond motifs is 3. The fourth-order valence-electron chi connectivity index (χ4n) is 4.34. The number of nitrogens with zero attached hydrogens (tertiary/aromatic N) is 3.